The van der Waals surface area contributed by atoms with E-state index in [0.717, 1.165) is 4.70 Å². The van der Waals surface area contributed by atoms with E-state index in [1.807, 2.05) is 6.07 Å². The van der Waals surface area contributed by atoms with Gasteiger partial charge in [-0.05, 0) is 31.5 Å². The number of nitrogens with two attached hydrogens (primary N) is 1. The number of aryl methyl sites for hydroxylation is 2. The van der Waals surface area contributed by atoms with E-state index in [0.29, 0.717) is 34.2 Å². The fourth-order valence-electron chi connectivity index (χ4n) is 3.60. The molecule has 3 aromatic rings. The molecule has 0 spiro atoms. The minimum atomic E-state index is -0.741. The van der Waals surface area contributed by atoms with E-state index in [1.54, 1.807) is 26.0 Å². The highest BCUT2D eigenvalue weighted by atomic mass is 32.1. The molecule has 0 unspecified atom stereocenters. The highest BCUT2D eigenvalue weighted by Gasteiger charge is 2.31. The Morgan fingerprint density at radius 1 is 1.31 bits per heavy atom. The van der Waals surface area contributed by atoms with Crippen molar-refractivity contribution < 1.29 is 19.1 Å². The summed E-state index contributed by atoms with van der Waals surface area (Å²) >= 11 is 1.36. The summed E-state index contributed by atoms with van der Waals surface area (Å²) < 4.78 is 6.25. The number of piperidine rings is 1. The van der Waals surface area contributed by atoms with Gasteiger partial charge >= 0.3 is 0 Å². The number of β-amino-alcohol motifs (C(OH)–C–C–N with tert-alkyl or cyclic N) is 1. The molecule has 9 nitrogen and oxygen atoms in total. The van der Waals surface area contributed by atoms with Crippen molar-refractivity contribution in [1.82, 2.24) is 20.2 Å². The molecule has 1 saturated heterocycles. The normalized spacial score (nSPS) is 19.5. The number of nitrogen functional groups attached to an aromatic ring is 1. The molecule has 0 saturated carbocycles. The molecule has 1 aliphatic rings. The van der Waals surface area contributed by atoms with Gasteiger partial charge in [0.15, 0.2) is 11.0 Å². The predicted molar refractivity (Wildman–Crippen MR) is 108 cm³/mol. The Kier molecular flexibility index (Phi) is 4.97. The van der Waals surface area contributed by atoms with Gasteiger partial charge in [0.25, 0.3) is 11.8 Å². The van der Waals surface area contributed by atoms with Crippen LogP contribution in [0.3, 0.4) is 0 Å². The summed E-state index contributed by atoms with van der Waals surface area (Å²) in [4.78, 5) is 35.3. The number of aromatic nitrogens is 2. The number of hydrogen-bond acceptors (Lipinski definition) is 8. The molecule has 0 radical (unpaired) electrons. The van der Waals surface area contributed by atoms with E-state index in [4.69, 9.17) is 10.2 Å². The highest BCUT2D eigenvalue weighted by Crippen LogP contribution is 2.25. The fraction of sp³-hybridized carbons (Fsp3) is 0.368. The molecule has 2 aromatic heterocycles. The minimum absolute atomic E-state index is 0.145. The van der Waals surface area contributed by atoms with Crippen LogP contribution in [0, 0.1) is 13.8 Å². The number of anilines is 1. The highest BCUT2D eigenvalue weighted by molar-refractivity contribution is 7.22. The van der Waals surface area contributed by atoms with Gasteiger partial charge < -0.3 is 25.5 Å². The van der Waals surface area contributed by atoms with Crippen LogP contribution in [0.4, 0.5) is 5.13 Å². The summed E-state index contributed by atoms with van der Waals surface area (Å²) in [5, 5.41) is 13.5. The summed E-state index contributed by atoms with van der Waals surface area (Å²) in [6.07, 6.45) is -0.391. The van der Waals surface area contributed by atoms with Gasteiger partial charge in [0.05, 0.1) is 22.0 Å². The monoisotopic (exact) mass is 415 g/mol. The Hall–Kier alpha value is -2.98. The standard InChI is InChI=1S/C19H21N5O4S/c1-9-16(28-10(2)21-9)17(26)22-12-6-13(25)8-24(7-12)18(27)11-3-4-15-14(5-11)23-19(20)29-15/h3-5,12-13,25H,6-8H2,1-2H3,(H2,20,23)(H,22,26)/t12-,13+/m0/s1. The maximum Gasteiger partial charge on any atom is 0.289 e. The van der Waals surface area contributed by atoms with Gasteiger partial charge in [0, 0.05) is 31.6 Å². The molecule has 3 heterocycles. The second kappa shape index (κ2) is 7.45. The Morgan fingerprint density at radius 2 is 2.10 bits per heavy atom. The molecule has 10 heteroatoms. The van der Waals surface area contributed by atoms with Gasteiger partial charge in [-0.25, -0.2) is 9.97 Å². The SMILES string of the molecule is Cc1nc(C)c(C(=O)N[C@H]2C[C@@H](O)CN(C(=O)c3ccc4sc(N)nc4c3)C2)o1. The lowest BCUT2D eigenvalue weighted by Crippen LogP contribution is -2.54. The van der Waals surface area contributed by atoms with Gasteiger partial charge in [-0.1, -0.05) is 11.3 Å². The number of nitrogens with zero attached hydrogens (tertiary/aromatic N) is 3. The second-order valence-corrected chi connectivity index (χ2v) is 8.21. The second-order valence-electron chi connectivity index (χ2n) is 7.15. The summed E-state index contributed by atoms with van der Waals surface area (Å²) in [6, 6.07) is 4.82. The van der Waals surface area contributed by atoms with Crippen LogP contribution < -0.4 is 11.1 Å². The first-order chi connectivity index (χ1) is 13.8. The zero-order valence-electron chi connectivity index (χ0n) is 16.0. The number of nitrogens with one attached hydrogen (secondary N) is 1. The summed E-state index contributed by atoms with van der Waals surface area (Å²) in [5.41, 5.74) is 7.35. The number of carbonyl (C=O) groups is 2. The number of likely N-dealkylation sites (tertiary alicyclic amines) is 1. The quantitative estimate of drug-likeness (QED) is 0.590. The molecule has 0 bridgehead atoms. The number of oxazole rings is 1. The maximum absolute atomic E-state index is 13.0. The molecule has 1 aromatic carbocycles. The van der Waals surface area contributed by atoms with E-state index in [-0.39, 0.29) is 24.8 Å². The number of rotatable bonds is 3. The van der Waals surface area contributed by atoms with Crippen molar-refractivity contribution in [1.29, 1.82) is 0 Å². The number of benzene rings is 1. The number of hydrogen-bond donors (Lipinski definition) is 3. The summed E-state index contributed by atoms with van der Waals surface area (Å²) in [7, 11) is 0. The molecule has 2 amide bonds. The lowest BCUT2D eigenvalue weighted by molar-refractivity contribution is 0.0368. The smallest absolute Gasteiger partial charge is 0.289 e. The Morgan fingerprint density at radius 3 is 2.83 bits per heavy atom. The molecule has 29 heavy (non-hydrogen) atoms. The number of thiazole rings is 1. The van der Waals surface area contributed by atoms with E-state index in [9.17, 15) is 14.7 Å². The van der Waals surface area contributed by atoms with Crippen LogP contribution in [0.15, 0.2) is 22.6 Å². The molecule has 152 valence electrons. The molecule has 2 atom stereocenters. The lowest BCUT2D eigenvalue weighted by Gasteiger charge is -2.36. The van der Waals surface area contributed by atoms with E-state index in [2.05, 4.69) is 15.3 Å². The molecular weight excluding hydrogens is 394 g/mol. The van der Waals surface area contributed by atoms with Crippen LogP contribution >= 0.6 is 11.3 Å². The third-order valence-corrected chi connectivity index (χ3v) is 5.68. The topological polar surface area (TPSA) is 135 Å². The molecule has 1 fully saturated rings. The molecule has 4 N–H and O–H groups in total. The van der Waals surface area contributed by atoms with Crippen molar-refractivity contribution in [2.75, 3.05) is 18.8 Å². The molecule has 0 aliphatic carbocycles. The summed E-state index contributed by atoms with van der Waals surface area (Å²) in [5.74, 6) is -0.0876. The van der Waals surface area contributed by atoms with Crippen LogP contribution in [-0.4, -0.2) is 57.0 Å². The number of amides is 2. The van der Waals surface area contributed by atoms with Crippen molar-refractivity contribution in [3.63, 3.8) is 0 Å². The van der Waals surface area contributed by atoms with Crippen molar-refractivity contribution in [3.8, 4) is 0 Å². The molecular formula is C19H21N5O4S. The Labute approximate surface area is 170 Å². The third kappa shape index (κ3) is 3.94. The van der Waals surface area contributed by atoms with Crippen LogP contribution in [0.5, 0.6) is 0 Å². The first kappa shape index (κ1) is 19.3. The van der Waals surface area contributed by atoms with Crippen LogP contribution in [0.2, 0.25) is 0 Å². The first-order valence-corrected chi connectivity index (χ1v) is 10.00. The fourth-order valence-corrected chi connectivity index (χ4v) is 4.31. The van der Waals surface area contributed by atoms with Crippen molar-refractivity contribution in [3.05, 3.63) is 41.1 Å². The summed E-state index contributed by atoms with van der Waals surface area (Å²) in [6.45, 7) is 3.84. The van der Waals surface area contributed by atoms with Gasteiger partial charge in [-0.3, -0.25) is 9.59 Å². The maximum atomic E-state index is 13.0. The van der Waals surface area contributed by atoms with E-state index in [1.165, 1.54) is 16.2 Å². The van der Waals surface area contributed by atoms with Crippen LogP contribution in [0.25, 0.3) is 10.2 Å². The van der Waals surface area contributed by atoms with Gasteiger partial charge in [0.1, 0.15) is 0 Å². The number of aliphatic hydroxyl groups excluding tert-OH is 1. The molecule has 4 rings (SSSR count). The van der Waals surface area contributed by atoms with E-state index >= 15 is 0 Å². The van der Waals surface area contributed by atoms with Gasteiger partial charge in [-0.2, -0.15) is 0 Å². The number of aliphatic hydroxyl groups is 1. The third-order valence-electron chi connectivity index (χ3n) is 4.81. The molecule has 1 aliphatic heterocycles. The number of fused-ring (bicyclic) bond motifs is 1. The van der Waals surface area contributed by atoms with Crippen LogP contribution in [0.1, 0.15) is 38.9 Å². The Bertz CT molecular complexity index is 1090. The average molecular weight is 415 g/mol. The predicted octanol–water partition coefficient (Wildman–Crippen LogP) is 1.49. The average Bonchev–Trinajstić information content (AvgIpc) is 3.20. The first-order valence-electron chi connectivity index (χ1n) is 9.18. The van der Waals surface area contributed by atoms with Crippen molar-refractivity contribution in [2.45, 2.75) is 32.4 Å². The Balaban J connectivity index is 1.49. The van der Waals surface area contributed by atoms with Crippen molar-refractivity contribution in [2.24, 2.45) is 0 Å². The minimum Gasteiger partial charge on any atom is -0.436 e. The van der Waals surface area contributed by atoms with Crippen LogP contribution in [-0.2, 0) is 0 Å². The number of carbonyl (C=O) groups excluding carboxylic acids is 2. The zero-order chi connectivity index (χ0) is 20.7. The van der Waals surface area contributed by atoms with E-state index < -0.39 is 18.1 Å². The zero-order valence-corrected chi connectivity index (χ0v) is 16.8. The van der Waals surface area contributed by atoms with Crippen molar-refractivity contribution >= 4 is 38.5 Å². The lowest BCUT2D eigenvalue weighted by atomic mass is 10.0. The van der Waals surface area contributed by atoms with Gasteiger partial charge in [0.2, 0.25) is 5.76 Å². The van der Waals surface area contributed by atoms with Gasteiger partial charge in [-0.15, -0.1) is 0 Å². The largest absolute Gasteiger partial charge is 0.436 e.